The van der Waals surface area contributed by atoms with Gasteiger partial charge in [0.05, 0.1) is 0 Å². The molecule has 0 fully saturated rings. The molecule has 0 unspecified atom stereocenters. The Labute approximate surface area is 72.7 Å². The van der Waals surface area contributed by atoms with Gasteiger partial charge in [-0.3, -0.25) is 5.41 Å². The summed E-state index contributed by atoms with van der Waals surface area (Å²) >= 11 is 0. The number of benzene rings is 1. The topological polar surface area (TPSA) is 49.9 Å². The Kier molecular flexibility index (Phi) is 2.27. The second kappa shape index (κ2) is 3.08. The van der Waals surface area contributed by atoms with Crippen LogP contribution in [0, 0.1) is 29.8 Å². The Balaban J connectivity index is 3.50. The molecule has 0 heterocycles. The zero-order valence-electron chi connectivity index (χ0n) is 6.79. The molecule has 0 spiro atoms. The first-order valence-corrected chi connectivity index (χ1v) is 3.43. The summed E-state index contributed by atoms with van der Waals surface area (Å²) in [6.45, 7) is 1.23. The molecule has 0 saturated carbocycles. The quantitative estimate of drug-likeness (QED) is 0.393. The smallest absolute Gasteiger partial charge is 0.194 e. The number of hydrogen-bond acceptors (Lipinski definition) is 1. The summed E-state index contributed by atoms with van der Waals surface area (Å²) in [5, 5.41) is 6.96. The Bertz CT molecular complexity index is 374. The molecule has 0 saturated heterocycles. The van der Waals surface area contributed by atoms with Gasteiger partial charge >= 0.3 is 0 Å². The van der Waals surface area contributed by atoms with Crippen LogP contribution in [-0.4, -0.2) is 5.84 Å². The molecule has 3 N–H and O–H groups in total. The van der Waals surface area contributed by atoms with Crippen LogP contribution in [0.25, 0.3) is 0 Å². The molecule has 5 heteroatoms. The summed E-state index contributed by atoms with van der Waals surface area (Å²) < 4.78 is 38.0. The molecule has 0 bridgehead atoms. The van der Waals surface area contributed by atoms with Crippen LogP contribution in [0.1, 0.15) is 11.1 Å². The number of hydrogen-bond donors (Lipinski definition) is 2. The highest BCUT2D eigenvalue weighted by Crippen LogP contribution is 2.18. The first kappa shape index (κ1) is 9.57. The van der Waals surface area contributed by atoms with Gasteiger partial charge in [0.1, 0.15) is 5.84 Å². The van der Waals surface area contributed by atoms with Crippen molar-refractivity contribution in [2.24, 2.45) is 5.73 Å². The lowest BCUT2D eigenvalue weighted by atomic mass is 10.1. The number of nitrogens with one attached hydrogen (secondary N) is 1. The minimum Gasteiger partial charge on any atom is -0.384 e. The Hall–Kier alpha value is -1.52. The van der Waals surface area contributed by atoms with E-state index in [9.17, 15) is 13.2 Å². The highest BCUT2D eigenvalue weighted by atomic mass is 19.2. The van der Waals surface area contributed by atoms with Gasteiger partial charge in [-0.1, -0.05) is 0 Å². The number of nitrogen functional groups attached to an aromatic ring is 1. The largest absolute Gasteiger partial charge is 0.384 e. The fraction of sp³-hybridized carbons (Fsp3) is 0.125. The molecular weight excluding hydrogens is 181 g/mol. The van der Waals surface area contributed by atoms with E-state index in [1.54, 1.807) is 0 Å². The average Bonchev–Trinajstić information content (AvgIpc) is 2.07. The van der Waals surface area contributed by atoms with Gasteiger partial charge in [0, 0.05) is 5.56 Å². The van der Waals surface area contributed by atoms with Crippen LogP contribution in [0.5, 0.6) is 0 Å². The highest BCUT2D eigenvalue weighted by Gasteiger charge is 2.16. The van der Waals surface area contributed by atoms with Crippen LogP contribution in [0.3, 0.4) is 0 Å². The zero-order valence-corrected chi connectivity index (χ0v) is 6.79. The van der Waals surface area contributed by atoms with E-state index in [4.69, 9.17) is 11.1 Å². The molecule has 0 radical (unpaired) electrons. The van der Waals surface area contributed by atoms with E-state index < -0.39 is 23.3 Å². The number of amidine groups is 1. The van der Waals surface area contributed by atoms with E-state index in [0.29, 0.717) is 6.07 Å². The van der Waals surface area contributed by atoms with E-state index >= 15 is 0 Å². The van der Waals surface area contributed by atoms with Crippen LogP contribution in [0.15, 0.2) is 6.07 Å². The van der Waals surface area contributed by atoms with Gasteiger partial charge in [-0.05, 0) is 18.6 Å². The Morgan fingerprint density at radius 3 is 2.31 bits per heavy atom. The number of rotatable bonds is 1. The van der Waals surface area contributed by atoms with Crippen LogP contribution < -0.4 is 5.73 Å². The van der Waals surface area contributed by atoms with Crippen molar-refractivity contribution < 1.29 is 13.2 Å². The molecule has 1 aromatic carbocycles. The molecule has 0 aliphatic rings. The van der Waals surface area contributed by atoms with Crippen molar-refractivity contribution in [3.63, 3.8) is 0 Å². The van der Waals surface area contributed by atoms with Crippen molar-refractivity contribution in [1.82, 2.24) is 0 Å². The molecular formula is C8H7F3N2. The average molecular weight is 188 g/mol. The molecule has 13 heavy (non-hydrogen) atoms. The SMILES string of the molecule is Cc1c(C(=N)N)cc(F)c(F)c1F. The second-order valence-electron chi connectivity index (χ2n) is 2.57. The lowest BCUT2D eigenvalue weighted by molar-refractivity contribution is 0.443. The lowest BCUT2D eigenvalue weighted by Crippen LogP contribution is -2.15. The summed E-state index contributed by atoms with van der Waals surface area (Å²) in [6.07, 6.45) is 0. The van der Waals surface area contributed by atoms with E-state index in [-0.39, 0.29) is 11.1 Å². The van der Waals surface area contributed by atoms with Crippen molar-refractivity contribution in [2.45, 2.75) is 6.92 Å². The van der Waals surface area contributed by atoms with Gasteiger partial charge < -0.3 is 5.73 Å². The van der Waals surface area contributed by atoms with E-state index in [1.165, 1.54) is 6.92 Å². The molecule has 70 valence electrons. The van der Waals surface area contributed by atoms with Gasteiger partial charge in [-0.2, -0.15) is 0 Å². The summed E-state index contributed by atoms with van der Waals surface area (Å²) in [5.41, 5.74) is 4.74. The van der Waals surface area contributed by atoms with E-state index in [0.717, 1.165) is 0 Å². The molecule has 2 nitrogen and oxygen atoms in total. The van der Waals surface area contributed by atoms with Gasteiger partial charge in [0.2, 0.25) is 0 Å². The van der Waals surface area contributed by atoms with Gasteiger partial charge in [0.15, 0.2) is 17.5 Å². The first-order valence-electron chi connectivity index (χ1n) is 3.43. The fourth-order valence-corrected chi connectivity index (χ4v) is 0.966. The predicted octanol–water partition coefficient (Wildman–Crippen LogP) is 1.70. The van der Waals surface area contributed by atoms with Crippen molar-refractivity contribution in [1.29, 1.82) is 5.41 Å². The van der Waals surface area contributed by atoms with E-state index in [2.05, 4.69) is 0 Å². The zero-order chi connectivity index (χ0) is 10.2. The van der Waals surface area contributed by atoms with Gasteiger partial charge in [-0.25, -0.2) is 13.2 Å². The summed E-state index contributed by atoms with van der Waals surface area (Å²) in [4.78, 5) is 0. The third-order valence-corrected chi connectivity index (χ3v) is 1.70. The Morgan fingerprint density at radius 1 is 1.31 bits per heavy atom. The minimum absolute atomic E-state index is 0.128. The molecule has 0 aromatic heterocycles. The summed E-state index contributed by atoms with van der Waals surface area (Å²) in [7, 11) is 0. The van der Waals surface area contributed by atoms with Crippen molar-refractivity contribution in [3.05, 3.63) is 34.6 Å². The van der Waals surface area contributed by atoms with Crippen LogP contribution in [0.2, 0.25) is 0 Å². The standard InChI is InChI=1S/C8H7F3N2/c1-3-4(8(12)13)2-5(9)7(11)6(3)10/h2H,1H3,(H3,12,13). The van der Waals surface area contributed by atoms with Crippen LogP contribution in [0.4, 0.5) is 13.2 Å². The number of halogens is 3. The summed E-state index contributed by atoms with van der Waals surface area (Å²) in [6, 6.07) is 0.704. The van der Waals surface area contributed by atoms with E-state index in [1.807, 2.05) is 0 Å². The summed E-state index contributed by atoms with van der Waals surface area (Å²) in [5.74, 6) is -4.67. The third kappa shape index (κ3) is 1.49. The van der Waals surface area contributed by atoms with Crippen LogP contribution >= 0.6 is 0 Å². The highest BCUT2D eigenvalue weighted by molar-refractivity contribution is 5.96. The molecule has 1 aromatic rings. The Morgan fingerprint density at radius 2 is 1.85 bits per heavy atom. The third-order valence-electron chi connectivity index (χ3n) is 1.70. The predicted molar refractivity (Wildman–Crippen MR) is 42.1 cm³/mol. The minimum atomic E-state index is -1.54. The monoisotopic (exact) mass is 188 g/mol. The van der Waals surface area contributed by atoms with Crippen molar-refractivity contribution in [2.75, 3.05) is 0 Å². The van der Waals surface area contributed by atoms with Crippen molar-refractivity contribution in [3.8, 4) is 0 Å². The molecule has 0 aliphatic heterocycles. The second-order valence-corrected chi connectivity index (χ2v) is 2.57. The maximum Gasteiger partial charge on any atom is 0.194 e. The van der Waals surface area contributed by atoms with Gasteiger partial charge in [0.25, 0.3) is 0 Å². The lowest BCUT2D eigenvalue weighted by Gasteiger charge is -2.05. The van der Waals surface area contributed by atoms with Crippen molar-refractivity contribution >= 4 is 5.84 Å². The molecule has 0 atom stereocenters. The molecule has 1 rings (SSSR count). The number of nitrogens with two attached hydrogens (primary N) is 1. The molecule has 0 aliphatic carbocycles. The maximum absolute atomic E-state index is 12.8. The van der Waals surface area contributed by atoms with Crippen LogP contribution in [-0.2, 0) is 0 Å². The fourth-order valence-electron chi connectivity index (χ4n) is 0.966. The first-order chi connectivity index (χ1) is 5.95. The maximum atomic E-state index is 12.8. The molecule has 0 amide bonds. The normalized spacial score (nSPS) is 10.2. The van der Waals surface area contributed by atoms with Gasteiger partial charge in [-0.15, -0.1) is 0 Å².